The highest BCUT2D eigenvalue weighted by molar-refractivity contribution is 6.21. The van der Waals surface area contributed by atoms with Crippen LogP contribution < -0.4 is 11.1 Å². The highest BCUT2D eigenvalue weighted by Gasteiger charge is 2.33. The van der Waals surface area contributed by atoms with E-state index in [1.54, 1.807) is 13.8 Å². The minimum absolute atomic E-state index is 0.260. The van der Waals surface area contributed by atoms with Gasteiger partial charge in [0.05, 0.1) is 11.1 Å². The molecule has 0 aromatic heterocycles. The topological polar surface area (TPSA) is 92.5 Å². The molecule has 1 aromatic carbocycles. The molecule has 6 heteroatoms. The molecule has 0 atom stereocenters. The molecular formula is C14H17N3O3. The first-order valence-electron chi connectivity index (χ1n) is 6.26. The van der Waals surface area contributed by atoms with Crippen LogP contribution in [0.5, 0.6) is 0 Å². The summed E-state index contributed by atoms with van der Waals surface area (Å²) in [7, 11) is 1.42. The molecule has 3 amide bonds. The Labute approximate surface area is 116 Å². The maximum Gasteiger partial charge on any atom is 0.261 e. The number of hydrogen-bond donors (Lipinski definition) is 2. The van der Waals surface area contributed by atoms with Gasteiger partial charge in [-0.1, -0.05) is 0 Å². The molecule has 1 aromatic rings. The first kappa shape index (κ1) is 14.2. The van der Waals surface area contributed by atoms with Crippen molar-refractivity contribution in [3.05, 3.63) is 34.9 Å². The van der Waals surface area contributed by atoms with E-state index in [9.17, 15) is 14.4 Å². The van der Waals surface area contributed by atoms with Gasteiger partial charge in [-0.15, -0.1) is 0 Å². The molecule has 0 saturated heterocycles. The van der Waals surface area contributed by atoms with Crippen LogP contribution in [0.3, 0.4) is 0 Å². The third-order valence-corrected chi connectivity index (χ3v) is 3.31. The van der Waals surface area contributed by atoms with Gasteiger partial charge in [0, 0.05) is 24.7 Å². The molecule has 0 aliphatic carbocycles. The number of benzene rings is 1. The van der Waals surface area contributed by atoms with E-state index in [1.165, 1.54) is 25.2 Å². The molecule has 0 fully saturated rings. The van der Waals surface area contributed by atoms with E-state index in [4.69, 9.17) is 5.73 Å². The zero-order valence-electron chi connectivity index (χ0n) is 11.7. The summed E-state index contributed by atoms with van der Waals surface area (Å²) in [5.74, 6) is -1.06. The quantitative estimate of drug-likeness (QED) is 0.780. The van der Waals surface area contributed by atoms with Gasteiger partial charge in [0.25, 0.3) is 17.7 Å². The second-order valence-corrected chi connectivity index (χ2v) is 5.47. The lowest BCUT2D eigenvalue weighted by molar-refractivity contribution is 0.0693. The van der Waals surface area contributed by atoms with Crippen LogP contribution >= 0.6 is 0 Å². The predicted octanol–water partition coefficient (Wildman–Crippen LogP) is 0.380. The predicted molar refractivity (Wildman–Crippen MR) is 73.5 cm³/mol. The van der Waals surface area contributed by atoms with Gasteiger partial charge in [0.1, 0.15) is 0 Å². The van der Waals surface area contributed by atoms with Gasteiger partial charge in [-0.05, 0) is 32.0 Å². The maximum absolute atomic E-state index is 12.1. The average molecular weight is 275 g/mol. The number of hydrogen-bond acceptors (Lipinski definition) is 4. The first-order chi connectivity index (χ1) is 9.26. The number of imide groups is 1. The Morgan fingerprint density at radius 3 is 2.45 bits per heavy atom. The van der Waals surface area contributed by atoms with E-state index < -0.39 is 11.4 Å². The Bertz CT molecular complexity index is 608. The fourth-order valence-corrected chi connectivity index (χ4v) is 1.93. The molecule has 6 nitrogen and oxygen atoms in total. The van der Waals surface area contributed by atoms with Crippen molar-refractivity contribution in [2.24, 2.45) is 5.73 Å². The van der Waals surface area contributed by atoms with Gasteiger partial charge in [0.2, 0.25) is 0 Å². The van der Waals surface area contributed by atoms with Gasteiger partial charge in [-0.2, -0.15) is 0 Å². The molecule has 0 radical (unpaired) electrons. The number of nitrogens with two attached hydrogens (primary N) is 1. The molecule has 3 N–H and O–H groups in total. The smallest absolute Gasteiger partial charge is 0.261 e. The van der Waals surface area contributed by atoms with Crippen molar-refractivity contribution in [2.75, 3.05) is 13.6 Å². The van der Waals surface area contributed by atoms with Crippen molar-refractivity contribution in [2.45, 2.75) is 19.4 Å². The standard InChI is InChI=1S/C14H17N3O3/c1-14(2,7-15)16-11(18)8-4-5-9-10(6-8)13(20)17(3)12(9)19/h4-6H,7,15H2,1-3H3,(H,16,18). The lowest BCUT2D eigenvalue weighted by Crippen LogP contribution is -2.48. The van der Waals surface area contributed by atoms with Gasteiger partial charge >= 0.3 is 0 Å². The Morgan fingerprint density at radius 2 is 1.85 bits per heavy atom. The fraction of sp³-hybridized carbons (Fsp3) is 0.357. The number of fused-ring (bicyclic) bond motifs is 1. The summed E-state index contributed by atoms with van der Waals surface area (Å²) in [6.07, 6.45) is 0. The molecular weight excluding hydrogens is 258 g/mol. The lowest BCUT2D eigenvalue weighted by atomic mass is 10.0. The summed E-state index contributed by atoms with van der Waals surface area (Å²) in [5, 5.41) is 2.78. The number of nitrogens with one attached hydrogen (secondary N) is 1. The van der Waals surface area contributed by atoms with Gasteiger partial charge in [-0.3, -0.25) is 19.3 Å². The van der Waals surface area contributed by atoms with E-state index in [0.29, 0.717) is 17.7 Å². The molecule has 1 aliphatic rings. The van der Waals surface area contributed by atoms with Crippen molar-refractivity contribution < 1.29 is 14.4 Å². The summed E-state index contributed by atoms with van der Waals surface area (Å²) < 4.78 is 0. The molecule has 0 spiro atoms. The summed E-state index contributed by atoms with van der Waals surface area (Å²) in [5.41, 5.74) is 5.95. The zero-order valence-corrected chi connectivity index (χ0v) is 11.7. The molecule has 106 valence electrons. The Morgan fingerprint density at radius 1 is 1.25 bits per heavy atom. The van der Waals surface area contributed by atoms with Crippen molar-refractivity contribution in [1.82, 2.24) is 10.2 Å². The van der Waals surface area contributed by atoms with E-state index in [1.807, 2.05) is 0 Å². The molecule has 1 heterocycles. The number of rotatable bonds is 3. The minimum Gasteiger partial charge on any atom is -0.346 e. The summed E-state index contributed by atoms with van der Waals surface area (Å²) in [6, 6.07) is 4.48. The van der Waals surface area contributed by atoms with Crippen molar-refractivity contribution >= 4 is 17.7 Å². The van der Waals surface area contributed by atoms with Gasteiger partial charge in [-0.25, -0.2) is 0 Å². The van der Waals surface area contributed by atoms with Crippen molar-refractivity contribution in [1.29, 1.82) is 0 Å². The van der Waals surface area contributed by atoms with Crippen molar-refractivity contribution in [3.63, 3.8) is 0 Å². The van der Waals surface area contributed by atoms with Crippen LogP contribution in [0.25, 0.3) is 0 Å². The lowest BCUT2D eigenvalue weighted by Gasteiger charge is -2.24. The third kappa shape index (κ3) is 2.30. The van der Waals surface area contributed by atoms with Gasteiger partial charge < -0.3 is 11.1 Å². The molecule has 0 bridgehead atoms. The summed E-state index contributed by atoms with van der Waals surface area (Å²) >= 11 is 0. The van der Waals surface area contributed by atoms with Gasteiger partial charge in [0.15, 0.2) is 0 Å². The first-order valence-corrected chi connectivity index (χ1v) is 6.26. The number of carbonyl (C=O) groups is 3. The Kier molecular flexibility index (Phi) is 3.35. The van der Waals surface area contributed by atoms with Crippen LogP contribution in [0, 0.1) is 0 Å². The molecule has 1 aliphatic heterocycles. The van der Waals surface area contributed by atoms with Crippen LogP contribution in [-0.4, -0.2) is 41.8 Å². The van der Waals surface area contributed by atoms with Crippen LogP contribution in [0.2, 0.25) is 0 Å². The minimum atomic E-state index is -0.535. The second kappa shape index (κ2) is 4.72. The van der Waals surface area contributed by atoms with E-state index in [2.05, 4.69) is 5.32 Å². The average Bonchev–Trinajstić information content (AvgIpc) is 2.63. The summed E-state index contributed by atoms with van der Waals surface area (Å²) in [6.45, 7) is 3.91. The monoisotopic (exact) mass is 275 g/mol. The Balaban J connectivity index is 2.32. The van der Waals surface area contributed by atoms with E-state index >= 15 is 0 Å². The fourth-order valence-electron chi connectivity index (χ4n) is 1.93. The molecule has 20 heavy (non-hydrogen) atoms. The van der Waals surface area contributed by atoms with Crippen molar-refractivity contribution in [3.8, 4) is 0 Å². The number of carbonyl (C=O) groups excluding carboxylic acids is 3. The largest absolute Gasteiger partial charge is 0.346 e. The van der Waals surface area contributed by atoms with E-state index in [0.717, 1.165) is 4.90 Å². The summed E-state index contributed by atoms with van der Waals surface area (Å²) in [4.78, 5) is 36.8. The van der Waals surface area contributed by atoms with Crippen LogP contribution in [0.4, 0.5) is 0 Å². The second-order valence-electron chi connectivity index (χ2n) is 5.47. The SMILES string of the molecule is CN1C(=O)c2ccc(C(=O)NC(C)(C)CN)cc2C1=O. The number of amides is 3. The van der Waals surface area contributed by atoms with Crippen LogP contribution in [-0.2, 0) is 0 Å². The Hall–Kier alpha value is -2.21. The van der Waals surface area contributed by atoms with Crippen LogP contribution in [0.1, 0.15) is 44.9 Å². The highest BCUT2D eigenvalue weighted by atomic mass is 16.2. The highest BCUT2D eigenvalue weighted by Crippen LogP contribution is 2.22. The molecule has 2 rings (SSSR count). The normalized spacial score (nSPS) is 14.5. The maximum atomic E-state index is 12.1. The van der Waals surface area contributed by atoms with Crippen LogP contribution in [0.15, 0.2) is 18.2 Å². The third-order valence-electron chi connectivity index (χ3n) is 3.31. The molecule has 0 unspecified atom stereocenters. The number of nitrogens with zero attached hydrogens (tertiary/aromatic N) is 1. The zero-order chi connectivity index (χ0) is 15.1. The molecule has 0 saturated carbocycles. The van der Waals surface area contributed by atoms with E-state index in [-0.39, 0.29) is 17.4 Å².